The summed E-state index contributed by atoms with van der Waals surface area (Å²) in [6.07, 6.45) is 2.33. The fourth-order valence-corrected chi connectivity index (χ4v) is 3.52. The van der Waals surface area contributed by atoms with Gasteiger partial charge in [0.2, 0.25) is 0 Å². The Bertz CT molecular complexity index is 861. The van der Waals surface area contributed by atoms with Crippen molar-refractivity contribution in [1.82, 2.24) is 10.3 Å². The third-order valence-electron chi connectivity index (χ3n) is 4.51. The minimum atomic E-state index is -0.0649. The smallest absolute Gasteiger partial charge is 0.251 e. The molecule has 3 aromatic rings. The molecule has 1 aliphatic rings. The van der Waals surface area contributed by atoms with Gasteiger partial charge in [0.1, 0.15) is 12.4 Å². The lowest BCUT2D eigenvalue weighted by Crippen LogP contribution is -2.29. The molecule has 26 heavy (non-hydrogen) atoms. The average molecular weight is 364 g/mol. The van der Waals surface area contributed by atoms with Crippen molar-refractivity contribution in [3.8, 4) is 5.75 Å². The lowest BCUT2D eigenvalue weighted by Gasteiger charge is -2.19. The zero-order valence-corrected chi connectivity index (χ0v) is 15.1. The van der Waals surface area contributed by atoms with Gasteiger partial charge in [0, 0.05) is 10.9 Å². The number of nitrogens with one attached hydrogen (secondary N) is 1. The molecule has 1 N–H and O–H groups in total. The van der Waals surface area contributed by atoms with E-state index in [4.69, 9.17) is 4.74 Å². The molecule has 2 aromatic carbocycles. The first-order valence-electron chi connectivity index (χ1n) is 8.75. The number of amides is 1. The maximum absolute atomic E-state index is 12.8. The Kier molecular flexibility index (Phi) is 4.97. The van der Waals surface area contributed by atoms with E-state index in [9.17, 15) is 4.79 Å². The van der Waals surface area contributed by atoms with Crippen molar-refractivity contribution in [1.29, 1.82) is 0 Å². The van der Waals surface area contributed by atoms with Crippen LogP contribution in [0.3, 0.4) is 0 Å². The summed E-state index contributed by atoms with van der Waals surface area (Å²) in [7, 11) is 0. The molecule has 4 nitrogen and oxygen atoms in total. The Morgan fingerprint density at radius 2 is 2.04 bits per heavy atom. The van der Waals surface area contributed by atoms with E-state index in [1.165, 1.54) is 5.56 Å². The van der Waals surface area contributed by atoms with Gasteiger partial charge in [-0.15, -0.1) is 11.3 Å². The Morgan fingerprint density at radius 3 is 2.77 bits per heavy atom. The van der Waals surface area contributed by atoms with Crippen molar-refractivity contribution < 1.29 is 9.53 Å². The van der Waals surface area contributed by atoms with Crippen molar-refractivity contribution in [3.05, 3.63) is 82.3 Å². The van der Waals surface area contributed by atoms with Crippen LogP contribution in [0.25, 0.3) is 0 Å². The minimum Gasteiger partial charge on any atom is -0.487 e. The number of aromatic nitrogens is 1. The van der Waals surface area contributed by atoms with Crippen LogP contribution in [0.15, 0.2) is 65.5 Å². The molecule has 1 saturated carbocycles. The Hall–Kier alpha value is -2.66. The van der Waals surface area contributed by atoms with Crippen LogP contribution in [0.1, 0.15) is 40.5 Å². The number of carbonyl (C=O) groups is 1. The van der Waals surface area contributed by atoms with Crippen LogP contribution in [-0.2, 0) is 6.61 Å². The minimum absolute atomic E-state index is 0.0649. The quantitative estimate of drug-likeness (QED) is 0.666. The molecule has 4 rings (SSSR count). The standard InChI is InChI=1S/C21H20N2O2S/c24-21(23-20(16-9-10-16)15-5-2-1-3-6-15)17-7-4-8-19(11-17)25-12-18-13-26-14-22-18/h1-8,11,13-14,16,20H,9-10,12H2,(H,23,24). The van der Waals surface area contributed by atoms with Gasteiger partial charge in [-0.3, -0.25) is 4.79 Å². The summed E-state index contributed by atoms with van der Waals surface area (Å²) in [4.78, 5) is 17.0. The van der Waals surface area contributed by atoms with Gasteiger partial charge in [0.05, 0.1) is 17.2 Å². The Labute approximate surface area is 156 Å². The first-order valence-corrected chi connectivity index (χ1v) is 9.69. The monoisotopic (exact) mass is 364 g/mol. The first-order chi connectivity index (χ1) is 12.8. The molecule has 0 bridgehead atoms. The topological polar surface area (TPSA) is 51.2 Å². The second-order valence-corrected chi connectivity index (χ2v) is 7.21. The first kappa shape index (κ1) is 16.8. The third kappa shape index (κ3) is 4.11. The van der Waals surface area contributed by atoms with Crippen LogP contribution in [0.4, 0.5) is 0 Å². The highest BCUT2D eigenvalue weighted by Crippen LogP contribution is 2.41. The number of thiazole rings is 1. The van der Waals surface area contributed by atoms with E-state index in [0.29, 0.717) is 23.8 Å². The van der Waals surface area contributed by atoms with Gasteiger partial charge >= 0.3 is 0 Å². The van der Waals surface area contributed by atoms with Crippen molar-refractivity contribution in [3.63, 3.8) is 0 Å². The van der Waals surface area contributed by atoms with Crippen LogP contribution in [-0.4, -0.2) is 10.9 Å². The number of hydrogen-bond acceptors (Lipinski definition) is 4. The highest BCUT2D eigenvalue weighted by atomic mass is 32.1. The molecule has 1 fully saturated rings. The summed E-state index contributed by atoms with van der Waals surface area (Å²) < 4.78 is 5.75. The second-order valence-electron chi connectivity index (χ2n) is 6.50. The molecule has 1 aliphatic carbocycles. The molecule has 0 aliphatic heterocycles. The van der Waals surface area contributed by atoms with E-state index in [-0.39, 0.29) is 11.9 Å². The molecule has 132 valence electrons. The highest BCUT2D eigenvalue weighted by molar-refractivity contribution is 7.07. The predicted octanol–water partition coefficient (Wildman–Crippen LogP) is 4.60. The molecule has 1 aromatic heterocycles. The highest BCUT2D eigenvalue weighted by Gasteiger charge is 2.33. The average Bonchev–Trinajstić information content (AvgIpc) is 3.39. The van der Waals surface area contributed by atoms with E-state index in [1.807, 2.05) is 41.8 Å². The van der Waals surface area contributed by atoms with Crippen molar-refractivity contribution in [2.45, 2.75) is 25.5 Å². The summed E-state index contributed by atoms with van der Waals surface area (Å²) in [5, 5.41) is 5.16. The van der Waals surface area contributed by atoms with Crippen LogP contribution < -0.4 is 10.1 Å². The summed E-state index contributed by atoms with van der Waals surface area (Å²) in [6.45, 7) is 0.406. The van der Waals surface area contributed by atoms with Gasteiger partial charge in [0.15, 0.2) is 0 Å². The molecular formula is C21H20N2O2S. The lowest BCUT2D eigenvalue weighted by atomic mass is 10.0. The Balaban J connectivity index is 1.44. The van der Waals surface area contributed by atoms with Gasteiger partial charge in [-0.1, -0.05) is 36.4 Å². The second kappa shape index (κ2) is 7.70. The van der Waals surface area contributed by atoms with Gasteiger partial charge in [-0.25, -0.2) is 4.98 Å². The SMILES string of the molecule is O=C(NC(c1ccccc1)C1CC1)c1cccc(OCc2cscn2)c1. The maximum atomic E-state index is 12.8. The van der Waals surface area contributed by atoms with Crippen LogP contribution in [0, 0.1) is 5.92 Å². The van der Waals surface area contributed by atoms with E-state index >= 15 is 0 Å². The largest absolute Gasteiger partial charge is 0.487 e. The van der Waals surface area contributed by atoms with Crippen molar-refractivity contribution in [2.75, 3.05) is 0 Å². The van der Waals surface area contributed by atoms with E-state index in [2.05, 4.69) is 22.4 Å². The number of ether oxygens (including phenoxy) is 1. The summed E-state index contributed by atoms with van der Waals surface area (Å²) >= 11 is 1.54. The molecule has 5 heteroatoms. The van der Waals surface area contributed by atoms with Gasteiger partial charge < -0.3 is 10.1 Å². The van der Waals surface area contributed by atoms with E-state index in [0.717, 1.165) is 18.5 Å². The number of carbonyl (C=O) groups excluding carboxylic acids is 1. The predicted molar refractivity (Wildman–Crippen MR) is 102 cm³/mol. The molecular weight excluding hydrogens is 344 g/mol. The fraction of sp³-hybridized carbons (Fsp3) is 0.238. The third-order valence-corrected chi connectivity index (χ3v) is 5.14. The van der Waals surface area contributed by atoms with Gasteiger partial charge in [0.25, 0.3) is 5.91 Å². The number of benzene rings is 2. The van der Waals surface area contributed by atoms with Gasteiger partial charge in [-0.2, -0.15) is 0 Å². The van der Waals surface area contributed by atoms with E-state index in [1.54, 1.807) is 22.9 Å². The number of nitrogens with zero attached hydrogens (tertiary/aromatic N) is 1. The zero-order valence-electron chi connectivity index (χ0n) is 14.3. The number of rotatable bonds is 7. The number of hydrogen-bond donors (Lipinski definition) is 1. The van der Waals surface area contributed by atoms with Crippen LogP contribution in [0.5, 0.6) is 5.75 Å². The molecule has 1 atom stereocenters. The molecule has 1 unspecified atom stereocenters. The molecule has 1 amide bonds. The van der Waals surface area contributed by atoms with Crippen molar-refractivity contribution >= 4 is 17.2 Å². The van der Waals surface area contributed by atoms with Crippen LogP contribution >= 0.6 is 11.3 Å². The summed E-state index contributed by atoms with van der Waals surface area (Å²) in [5.41, 5.74) is 4.45. The van der Waals surface area contributed by atoms with Crippen molar-refractivity contribution in [2.24, 2.45) is 5.92 Å². The molecule has 0 spiro atoms. The normalized spacial score (nSPS) is 14.6. The van der Waals surface area contributed by atoms with Gasteiger partial charge in [-0.05, 0) is 42.5 Å². The molecule has 1 heterocycles. The molecule has 0 saturated heterocycles. The maximum Gasteiger partial charge on any atom is 0.251 e. The lowest BCUT2D eigenvalue weighted by molar-refractivity contribution is 0.0931. The zero-order chi connectivity index (χ0) is 17.8. The van der Waals surface area contributed by atoms with Crippen LogP contribution in [0.2, 0.25) is 0 Å². The van der Waals surface area contributed by atoms with E-state index < -0.39 is 0 Å². The summed E-state index contributed by atoms with van der Waals surface area (Å²) in [6, 6.07) is 17.6. The summed E-state index contributed by atoms with van der Waals surface area (Å²) in [5.74, 6) is 1.14. The Morgan fingerprint density at radius 1 is 1.19 bits per heavy atom. The fourth-order valence-electron chi connectivity index (χ4n) is 2.98. The molecule has 0 radical (unpaired) electrons.